The first-order chi connectivity index (χ1) is 7.15. The van der Waals surface area contributed by atoms with Crippen LogP contribution in [0.3, 0.4) is 0 Å². The van der Waals surface area contributed by atoms with E-state index in [4.69, 9.17) is 31.9 Å². The zero-order chi connectivity index (χ0) is 11.4. The van der Waals surface area contributed by atoms with Gasteiger partial charge >= 0.3 is 0 Å². The summed E-state index contributed by atoms with van der Waals surface area (Å²) in [6, 6.07) is 2.90. The fourth-order valence-electron chi connectivity index (χ4n) is 1.29. The van der Waals surface area contributed by atoms with Crippen molar-refractivity contribution in [3.63, 3.8) is 0 Å². The van der Waals surface area contributed by atoms with Crippen molar-refractivity contribution in [1.29, 1.82) is 0 Å². The third-order valence-corrected chi connectivity index (χ3v) is 2.50. The van der Waals surface area contributed by atoms with Crippen LogP contribution in [-0.4, -0.2) is 25.9 Å². The van der Waals surface area contributed by atoms with Crippen molar-refractivity contribution >= 4 is 24.0 Å². The number of hydrogen-bond acceptors (Lipinski definition) is 4. The molecule has 6 heteroatoms. The van der Waals surface area contributed by atoms with Crippen molar-refractivity contribution in [1.82, 2.24) is 0 Å². The van der Waals surface area contributed by atoms with Crippen LogP contribution in [0, 0.1) is 0 Å². The summed E-state index contributed by atoms with van der Waals surface area (Å²) in [6.07, 6.45) is 0. The molecule has 0 amide bonds. The van der Waals surface area contributed by atoms with E-state index in [1.54, 1.807) is 12.1 Å². The molecule has 0 aliphatic carbocycles. The molecule has 3 N–H and O–H groups in total. The number of benzene rings is 1. The summed E-state index contributed by atoms with van der Waals surface area (Å²) >= 11 is 6.07. The molecule has 0 saturated heterocycles. The van der Waals surface area contributed by atoms with Gasteiger partial charge in [0.25, 0.3) is 0 Å². The molecule has 1 aromatic rings. The second-order valence-electron chi connectivity index (χ2n) is 2.99. The maximum Gasteiger partial charge on any atom is 0.179 e. The van der Waals surface area contributed by atoms with Crippen LogP contribution in [0.2, 0.25) is 5.02 Å². The zero-order valence-corrected chi connectivity index (χ0v) is 10.6. The van der Waals surface area contributed by atoms with Gasteiger partial charge in [-0.25, -0.2) is 0 Å². The molecule has 1 rings (SSSR count). The lowest BCUT2D eigenvalue weighted by atomic mass is 10.1. The molecule has 0 unspecified atom stereocenters. The number of rotatable bonds is 4. The summed E-state index contributed by atoms with van der Waals surface area (Å²) < 4.78 is 10.2. The van der Waals surface area contributed by atoms with E-state index in [0.29, 0.717) is 22.1 Å². The average Bonchev–Trinajstić information content (AvgIpc) is 2.27. The minimum absolute atomic E-state index is 0. The molecular formula is C10H15Cl2NO3. The van der Waals surface area contributed by atoms with Crippen LogP contribution >= 0.6 is 24.0 Å². The Kier molecular flexibility index (Phi) is 6.52. The summed E-state index contributed by atoms with van der Waals surface area (Å²) in [5.41, 5.74) is 6.32. The molecule has 0 bridgehead atoms. The highest BCUT2D eigenvalue weighted by atomic mass is 35.5. The first-order valence-corrected chi connectivity index (χ1v) is 4.80. The Bertz CT molecular complexity index is 347. The first-order valence-electron chi connectivity index (χ1n) is 4.42. The molecular weight excluding hydrogens is 253 g/mol. The molecule has 0 heterocycles. The van der Waals surface area contributed by atoms with Gasteiger partial charge in [-0.05, 0) is 11.6 Å². The number of hydrogen-bond donors (Lipinski definition) is 2. The van der Waals surface area contributed by atoms with Gasteiger partial charge in [0, 0.05) is 0 Å². The van der Waals surface area contributed by atoms with Gasteiger partial charge in [-0.1, -0.05) is 17.7 Å². The maximum absolute atomic E-state index is 8.95. The van der Waals surface area contributed by atoms with Crippen molar-refractivity contribution < 1.29 is 14.6 Å². The molecule has 1 aromatic carbocycles. The second-order valence-corrected chi connectivity index (χ2v) is 3.37. The summed E-state index contributed by atoms with van der Waals surface area (Å²) in [4.78, 5) is 0. The van der Waals surface area contributed by atoms with Gasteiger partial charge in [-0.15, -0.1) is 12.4 Å². The molecule has 1 atom stereocenters. The maximum atomic E-state index is 8.95. The van der Waals surface area contributed by atoms with Gasteiger partial charge in [-0.2, -0.15) is 0 Å². The van der Waals surface area contributed by atoms with Crippen LogP contribution < -0.4 is 15.2 Å². The Balaban J connectivity index is 0.00000225. The van der Waals surface area contributed by atoms with E-state index in [0.717, 1.165) is 0 Å². The van der Waals surface area contributed by atoms with Crippen molar-refractivity contribution in [2.45, 2.75) is 6.04 Å². The van der Waals surface area contributed by atoms with Gasteiger partial charge < -0.3 is 20.3 Å². The molecule has 4 nitrogen and oxygen atoms in total. The van der Waals surface area contributed by atoms with Crippen LogP contribution in [-0.2, 0) is 0 Å². The van der Waals surface area contributed by atoms with Crippen molar-refractivity contribution in [3.8, 4) is 11.5 Å². The van der Waals surface area contributed by atoms with Gasteiger partial charge in [0.05, 0.1) is 31.9 Å². The Morgan fingerprint density at radius 3 is 2.44 bits per heavy atom. The van der Waals surface area contributed by atoms with Crippen molar-refractivity contribution in [3.05, 3.63) is 22.7 Å². The minimum atomic E-state index is -0.516. The molecule has 0 fully saturated rings. The van der Waals surface area contributed by atoms with Crippen LogP contribution in [0.15, 0.2) is 12.1 Å². The molecule has 0 radical (unpaired) electrons. The van der Waals surface area contributed by atoms with Crippen LogP contribution in [0.4, 0.5) is 0 Å². The predicted molar refractivity (Wildman–Crippen MR) is 65.8 cm³/mol. The number of aliphatic hydroxyl groups is 1. The van der Waals surface area contributed by atoms with Crippen molar-refractivity contribution in [2.75, 3.05) is 20.8 Å². The van der Waals surface area contributed by atoms with Crippen molar-refractivity contribution in [2.24, 2.45) is 5.73 Å². The van der Waals surface area contributed by atoms with E-state index < -0.39 is 6.04 Å². The highest BCUT2D eigenvalue weighted by molar-refractivity contribution is 6.33. The fourth-order valence-corrected chi connectivity index (χ4v) is 1.66. The molecule has 0 aliphatic rings. The number of ether oxygens (including phenoxy) is 2. The molecule has 16 heavy (non-hydrogen) atoms. The standard InChI is InChI=1S/C10H14ClNO3.ClH/c1-14-8-4-3-6(7(12)5-13)9(11)10(8)15-2;/h3-4,7,13H,5,12H2,1-2H3;1H/t7-;/m1./s1. The van der Waals surface area contributed by atoms with E-state index in [9.17, 15) is 0 Å². The topological polar surface area (TPSA) is 64.7 Å². The molecule has 0 aliphatic heterocycles. The number of methoxy groups -OCH3 is 2. The SMILES string of the molecule is COc1ccc([C@H](N)CO)c(Cl)c1OC.Cl. The fraction of sp³-hybridized carbons (Fsp3) is 0.400. The van der Waals surface area contributed by atoms with E-state index >= 15 is 0 Å². The van der Waals surface area contributed by atoms with E-state index in [2.05, 4.69) is 0 Å². The molecule has 92 valence electrons. The quantitative estimate of drug-likeness (QED) is 0.873. The highest BCUT2D eigenvalue weighted by Crippen LogP contribution is 2.38. The smallest absolute Gasteiger partial charge is 0.179 e. The van der Waals surface area contributed by atoms with Gasteiger partial charge in [0.2, 0.25) is 0 Å². The van der Waals surface area contributed by atoms with Crippen LogP contribution in [0.25, 0.3) is 0 Å². The van der Waals surface area contributed by atoms with Gasteiger partial charge in [-0.3, -0.25) is 0 Å². The summed E-state index contributed by atoms with van der Waals surface area (Å²) in [5, 5.41) is 9.32. The van der Waals surface area contributed by atoms with E-state index in [1.165, 1.54) is 14.2 Å². The lowest BCUT2D eigenvalue weighted by Gasteiger charge is -2.15. The monoisotopic (exact) mass is 267 g/mol. The van der Waals surface area contributed by atoms with E-state index in [-0.39, 0.29) is 19.0 Å². The lowest BCUT2D eigenvalue weighted by Crippen LogP contribution is -2.15. The lowest BCUT2D eigenvalue weighted by molar-refractivity contribution is 0.267. The highest BCUT2D eigenvalue weighted by Gasteiger charge is 2.16. The average molecular weight is 268 g/mol. The number of aliphatic hydroxyl groups excluding tert-OH is 1. The third-order valence-electron chi connectivity index (χ3n) is 2.11. The molecule has 0 aromatic heterocycles. The minimum Gasteiger partial charge on any atom is -0.493 e. The zero-order valence-electron chi connectivity index (χ0n) is 9.07. The van der Waals surface area contributed by atoms with Gasteiger partial charge in [0.1, 0.15) is 0 Å². The Hall–Kier alpha value is -0.680. The third kappa shape index (κ3) is 2.92. The second kappa shape index (κ2) is 6.81. The summed E-state index contributed by atoms with van der Waals surface area (Å²) in [7, 11) is 3.03. The van der Waals surface area contributed by atoms with Crippen LogP contribution in [0.5, 0.6) is 11.5 Å². The van der Waals surface area contributed by atoms with Gasteiger partial charge in [0.15, 0.2) is 11.5 Å². The Labute approximate surface area is 106 Å². The summed E-state index contributed by atoms with van der Waals surface area (Å²) in [5.74, 6) is 0.969. The van der Waals surface area contributed by atoms with E-state index in [1.807, 2.05) is 0 Å². The largest absolute Gasteiger partial charge is 0.493 e. The Morgan fingerprint density at radius 2 is 2.00 bits per heavy atom. The first kappa shape index (κ1) is 15.3. The molecule has 0 spiro atoms. The van der Waals surface area contributed by atoms with Crippen LogP contribution in [0.1, 0.15) is 11.6 Å². The molecule has 0 saturated carbocycles. The predicted octanol–water partition coefficient (Wildman–Crippen LogP) is 1.77. The normalized spacial score (nSPS) is 11.6. The Morgan fingerprint density at radius 1 is 1.38 bits per heavy atom. The number of nitrogens with two attached hydrogens (primary N) is 1. The number of halogens is 2. The summed E-state index contributed by atoms with van der Waals surface area (Å²) in [6.45, 7) is -0.171.